The molecule has 4 heteroatoms. The smallest absolute Gasteiger partial charge is 0.414 e. The van der Waals surface area contributed by atoms with Crippen molar-refractivity contribution in [1.82, 2.24) is 0 Å². The zero-order valence-electron chi connectivity index (χ0n) is 7.16. The molecule has 0 N–H and O–H groups in total. The number of ether oxygens (including phenoxy) is 1. The molecule has 0 aliphatic carbocycles. The number of halogens is 1. The van der Waals surface area contributed by atoms with Gasteiger partial charge in [-0.25, -0.2) is 4.79 Å². The molecule has 0 fully saturated rings. The third kappa shape index (κ3) is 2.45. The van der Waals surface area contributed by atoms with Gasteiger partial charge in [0.1, 0.15) is 7.11 Å². The number of carbonyl (C=O) groups is 1. The molecule has 0 bridgehead atoms. The van der Waals surface area contributed by atoms with Gasteiger partial charge in [-0.3, -0.25) is 4.90 Å². The van der Waals surface area contributed by atoms with Crippen molar-refractivity contribution in [3.05, 3.63) is 35.8 Å². The summed E-state index contributed by atoms with van der Waals surface area (Å²) < 4.78 is 5.24. The largest absolute Gasteiger partial charge is 0.446 e. The highest BCUT2D eigenvalue weighted by molar-refractivity contribution is 9.10. The summed E-state index contributed by atoms with van der Waals surface area (Å²) in [4.78, 5) is 12.4. The maximum absolute atomic E-state index is 11.0. The fourth-order valence-electron chi connectivity index (χ4n) is 0.887. The van der Waals surface area contributed by atoms with Crippen LogP contribution in [0.2, 0.25) is 0 Å². The summed E-state index contributed by atoms with van der Waals surface area (Å²) in [5.74, 6) is 0. The molecule has 1 radical (unpaired) electrons. The molecule has 1 amide bonds. The van der Waals surface area contributed by atoms with Crippen LogP contribution in [0.25, 0.3) is 0 Å². The van der Waals surface area contributed by atoms with Crippen molar-refractivity contribution in [1.29, 1.82) is 0 Å². The first-order valence-corrected chi connectivity index (χ1v) is 4.39. The van der Waals surface area contributed by atoms with Crippen LogP contribution >= 0.6 is 15.9 Å². The Hall–Kier alpha value is -1.03. The molecule has 0 spiro atoms. The standard InChI is InChI=1S/C9H9BrNO2/c1-11(9(12)13-2)8-5-3-4-7(10)6-8/h3-6H,2H2,1H3. The third-order valence-electron chi connectivity index (χ3n) is 1.59. The Bertz CT molecular complexity index is 314. The average Bonchev–Trinajstić information content (AvgIpc) is 2.15. The first kappa shape index (κ1) is 10.1. The zero-order valence-corrected chi connectivity index (χ0v) is 8.74. The lowest BCUT2D eigenvalue weighted by Gasteiger charge is -2.15. The Morgan fingerprint density at radius 3 is 2.85 bits per heavy atom. The summed E-state index contributed by atoms with van der Waals surface area (Å²) in [6.07, 6.45) is -0.488. The van der Waals surface area contributed by atoms with E-state index in [9.17, 15) is 4.79 Å². The molecule has 1 rings (SSSR count). The van der Waals surface area contributed by atoms with E-state index in [0.29, 0.717) is 0 Å². The Morgan fingerprint density at radius 1 is 1.62 bits per heavy atom. The number of benzene rings is 1. The highest BCUT2D eigenvalue weighted by Gasteiger charge is 2.09. The maximum Gasteiger partial charge on any atom is 0.414 e. The van der Waals surface area contributed by atoms with Crippen LogP contribution < -0.4 is 4.90 Å². The van der Waals surface area contributed by atoms with Gasteiger partial charge >= 0.3 is 6.09 Å². The van der Waals surface area contributed by atoms with E-state index in [2.05, 4.69) is 27.8 Å². The lowest BCUT2D eigenvalue weighted by atomic mass is 10.3. The summed E-state index contributed by atoms with van der Waals surface area (Å²) in [7, 11) is 4.67. The Balaban J connectivity index is 2.88. The molecule has 0 aliphatic heterocycles. The number of anilines is 1. The molecule has 0 atom stereocenters. The van der Waals surface area contributed by atoms with Crippen LogP contribution in [-0.4, -0.2) is 13.1 Å². The number of carbonyl (C=O) groups excluding carboxylic acids is 1. The van der Waals surface area contributed by atoms with E-state index in [1.807, 2.05) is 24.3 Å². The summed E-state index contributed by atoms with van der Waals surface area (Å²) in [6.45, 7) is 0. The quantitative estimate of drug-likeness (QED) is 0.758. The summed E-state index contributed by atoms with van der Waals surface area (Å²) >= 11 is 3.31. The van der Waals surface area contributed by atoms with Gasteiger partial charge in [-0.15, -0.1) is 0 Å². The molecule has 69 valence electrons. The summed E-state index contributed by atoms with van der Waals surface area (Å²) in [5.41, 5.74) is 0.753. The van der Waals surface area contributed by atoms with Crippen LogP contribution in [0.5, 0.6) is 0 Å². The maximum atomic E-state index is 11.0. The van der Waals surface area contributed by atoms with Crippen molar-refractivity contribution in [3.63, 3.8) is 0 Å². The van der Waals surface area contributed by atoms with Gasteiger partial charge in [-0.1, -0.05) is 22.0 Å². The van der Waals surface area contributed by atoms with Gasteiger partial charge in [0.05, 0.1) is 0 Å². The Morgan fingerprint density at radius 2 is 2.31 bits per heavy atom. The van der Waals surface area contributed by atoms with Crippen LogP contribution in [-0.2, 0) is 4.74 Å². The van der Waals surface area contributed by atoms with E-state index in [1.54, 1.807) is 7.05 Å². The van der Waals surface area contributed by atoms with Crippen LogP contribution in [0.4, 0.5) is 10.5 Å². The predicted octanol–water partition coefficient (Wildman–Crippen LogP) is 2.81. The van der Waals surface area contributed by atoms with E-state index in [0.717, 1.165) is 10.2 Å². The second-order valence-electron chi connectivity index (χ2n) is 2.45. The first-order chi connectivity index (χ1) is 6.15. The molecule has 0 saturated carbocycles. The summed E-state index contributed by atoms with van der Waals surface area (Å²) in [5, 5.41) is 0. The van der Waals surface area contributed by atoms with Crippen LogP contribution in [0.1, 0.15) is 0 Å². The fraction of sp³-hybridized carbons (Fsp3) is 0.111. The summed E-state index contributed by atoms with van der Waals surface area (Å²) in [6, 6.07) is 7.34. The average molecular weight is 243 g/mol. The highest BCUT2D eigenvalue weighted by atomic mass is 79.9. The monoisotopic (exact) mass is 242 g/mol. The Kier molecular flexibility index (Phi) is 3.31. The molecule has 0 saturated heterocycles. The first-order valence-electron chi connectivity index (χ1n) is 3.60. The van der Waals surface area contributed by atoms with E-state index >= 15 is 0 Å². The Labute approximate surface area is 85.4 Å². The molecule has 1 aromatic carbocycles. The fourth-order valence-corrected chi connectivity index (χ4v) is 1.27. The minimum absolute atomic E-state index is 0.488. The van der Waals surface area contributed by atoms with Gasteiger partial charge in [0.2, 0.25) is 0 Å². The number of hydrogen-bond acceptors (Lipinski definition) is 2. The molecular weight excluding hydrogens is 234 g/mol. The minimum atomic E-state index is -0.488. The number of amides is 1. The van der Waals surface area contributed by atoms with Gasteiger partial charge in [-0.2, -0.15) is 0 Å². The van der Waals surface area contributed by atoms with Crippen molar-refractivity contribution in [2.24, 2.45) is 0 Å². The van der Waals surface area contributed by atoms with E-state index in [4.69, 9.17) is 0 Å². The zero-order chi connectivity index (χ0) is 9.84. The number of hydrogen-bond donors (Lipinski definition) is 0. The molecule has 0 aromatic heterocycles. The molecule has 13 heavy (non-hydrogen) atoms. The van der Waals surface area contributed by atoms with Crippen LogP contribution in [0.15, 0.2) is 28.7 Å². The van der Waals surface area contributed by atoms with Gasteiger partial charge in [0.25, 0.3) is 0 Å². The van der Waals surface area contributed by atoms with E-state index in [1.165, 1.54) is 4.90 Å². The lowest BCUT2D eigenvalue weighted by molar-refractivity contribution is 0.192. The molecule has 0 unspecified atom stereocenters. The SMILES string of the molecule is [CH2]OC(=O)N(C)c1cccc(Br)c1. The number of rotatable bonds is 1. The van der Waals surface area contributed by atoms with Crippen molar-refractivity contribution < 1.29 is 9.53 Å². The van der Waals surface area contributed by atoms with E-state index in [-0.39, 0.29) is 0 Å². The topological polar surface area (TPSA) is 29.5 Å². The molecule has 1 aromatic rings. The van der Waals surface area contributed by atoms with Gasteiger partial charge in [0, 0.05) is 17.2 Å². The van der Waals surface area contributed by atoms with Gasteiger partial charge < -0.3 is 4.74 Å². The lowest BCUT2D eigenvalue weighted by Crippen LogP contribution is -2.25. The third-order valence-corrected chi connectivity index (χ3v) is 2.09. The normalized spacial score (nSPS) is 9.46. The molecule has 0 aliphatic rings. The molecule has 0 heterocycles. The van der Waals surface area contributed by atoms with Crippen LogP contribution in [0.3, 0.4) is 0 Å². The van der Waals surface area contributed by atoms with Crippen molar-refractivity contribution in [3.8, 4) is 0 Å². The van der Waals surface area contributed by atoms with Crippen molar-refractivity contribution in [2.75, 3.05) is 11.9 Å². The second-order valence-corrected chi connectivity index (χ2v) is 3.36. The van der Waals surface area contributed by atoms with Crippen LogP contribution in [0, 0.1) is 7.11 Å². The predicted molar refractivity (Wildman–Crippen MR) is 54.4 cm³/mol. The second kappa shape index (κ2) is 4.28. The molecular formula is C9H9BrNO2. The number of nitrogens with zero attached hydrogens (tertiary/aromatic N) is 1. The highest BCUT2D eigenvalue weighted by Crippen LogP contribution is 2.19. The van der Waals surface area contributed by atoms with Crippen molar-refractivity contribution >= 4 is 27.7 Å². The van der Waals surface area contributed by atoms with E-state index < -0.39 is 6.09 Å². The molecule has 3 nitrogen and oxygen atoms in total. The van der Waals surface area contributed by atoms with Gasteiger partial charge in [0.15, 0.2) is 0 Å². The van der Waals surface area contributed by atoms with Gasteiger partial charge in [-0.05, 0) is 18.2 Å². The van der Waals surface area contributed by atoms with Crippen molar-refractivity contribution in [2.45, 2.75) is 0 Å². The minimum Gasteiger partial charge on any atom is -0.446 e.